The van der Waals surface area contributed by atoms with Gasteiger partial charge in [0.25, 0.3) is 0 Å². The molecule has 0 N–H and O–H groups in total. The van der Waals surface area contributed by atoms with Gasteiger partial charge < -0.3 is 35.4 Å². The van der Waals surface area contributed by atoms with E-state index in [0.717, 1.165) is 10.8 Å². The third-order valence-corrected chi connectivity index (χ3v) is 25.1. The van der Waals surface area contributed by atoms with E-state index in [1.54, 1.807) is 56.9 Å². The van der Waals surface area contributed by atoms with Crippen molar-refractivity contribution in [3.8, 4) is 0 Å². The van der Waals surface area contributed by atoms with Crippen molar-refractivity contribution in [1.82, 2.24) is 0 Å². The van der Waals surface area contributed by atoms with Crippen molar-refractivity contribution in [2.24, 2.45) is 0 Å². The maximum Gasteiger partial charge on any atom is 0.373 e. The molecular formula is C23H42O8Si4. The van der Waals surface area contributed by atoms with Crippen LogP contribution in [-0.4, -0.2) is 91.1 Å². The standard InChI is InChI=1S/C23H42O8Si4/c1-24-32(9,25-2)19-34(28-5,29-6)23-16-15-21(17-23)18-33(26-3,27-4)20-35(30-7,31-8)22-13-11-10-12-14-22/h10-17,23H,18-20H2,1-9H3. The van der Waals surface area contributed by atoms with Crippen LogP contribution in [0.2, 0.25) is 29.5 Å². The quantitative estimate of drug-likeness (QED) is 0.286. The van der Waals surface area contributed by atoms with E-state index in [2.05, 4.69) is 30.4 Å². The van der Waals surface area contributed by atoms with Crippen LogP contribution >= 0.6 is 0 Å². The van der Waals surface area contributed by atoms with Gasteiger partial charge in [0.2, 0.25) is 0 Å². The molecule has 1 aromatic carbocycles. The van der Waals surface area contributed by atoms with Crippen molar-refractivity contribution < 1.29 is 35.4 Å². The van der Waals surface area contributed by atoms with Crippen LogP contribution in [0.3, 0.4) is 0 Å². The highest BCUT2D eigenvalue weighted by molar-refractivity contribution is 6.93. The predicted octanol–water partition coefficient (Wildman–Crippen LogP) is 3.41. The van der Waals surface area contributed by atoms with E-state index < -0.39 is 34.2 Å². The molecule has 0 bridgehead atoms. The third kappa shape index (κ3) is 6.77. The molecule has 0 spiro atoms. The van der Waals surface area contributed by atoms with Crippen molar-refractivity contribution in [1.29, 1.82) is 0 Å². The molecule has 12 heteroatoms. The van der Waals surface area contributed by atoms with Gasteiger partial charge in [0.05, 0.1) is 0 Å². The Morgan fingerprint density at radius 1 is 0.686 bits per heavy atom. The SMILES string of the molecule is CO[Si](C)(C[Si](OC)(OC)C1C=CC(C[Si](C[Si](OC)(OC)c2ccccc2)(OC)OC)=C1)OC. The molecular weight excluding hydrogens is 517 g/mol. The summed E-state index contributed by atoms with van der Waals surface area (Å²) in [6, 6.07) is 10.8. The highest BCUT2D eigenvalue weighted by Gasteiger charge is 2.54. The molecule has 0 saturated heterocycles. The van der Waals surface area contributed by atoms with Gasteiger partial charge in [-0.15, -0.1) is 0 Å². The zero-order chi connectivity index (χ0) is 26.2. The molecule has 0 radical (unpaired) electrons. The summed E-state index contributed by atoms with van der Waals surface area (Å²) in [7, 11) is 3.02. The van der Waals surface area contributed by atoms with E-state index >= 15 is 0 Å². The molecule has 0 fully saturated rings. The average Bonchev–Trinajstić information content (AvgIpc) is 3.39. The summed E-state index contributed by atoms with van der Waals surface area (Å²) in [5.41, 5.74) is 2.39. The second-order valence-electron chi connectivity index (χ2n) is 8.77. The summed E-state index contributed by atoms with van der Waals surface area (Å²) in [4.78, 5) is 0. The molecule has 198 valence electrons. The van der Waals surface area contributed by atoms with Crippen LogP contribution in [0.1, 0.15) is 0 Å². The number of benzene rings is 1. The van der Waals surface area contributed by atoms with Crippen molar-refractivity contribution in [2.75, 3.05) is 56.9 Å². The molecule has 0 saturated carbocycles. The highest BCUT2D eigenvalue weighted by Crippen LogP contribution is 2.40. The van der Waals surface area contributed by atoms with E-state index in [9.17, 15) is 0 Å². The third-order valence-electron chi connectivity index (χ3n) is 7.13. The van der Waals surface area contributed by atoms with Gasteiger partial charge in [-0.25, -0.2) is 0 Å². The lowest BCUT2D eigenvalue weighted by Gasteiger charge is -2.37. The number of allylic oxidation sites excluding steroid dienone is 4. The van der Waals surface area contributed by atoms with Gasteiger partial charge in [0.15, 0.2) is 0 Å². The maximum atomic E-state index is 6.15. The molecule has 8 nitrogen and oxygen atoms in total. The second kappa shape index (κ2) is 13.2. The maximum absolute atomic E-state index is 6.15. The molecule has 1 aliphatic carbocycles. The summed E-state index contributed by atoms with van der Waals surface area (Å²) in [6.07, 6.45) is 6.52. The van der Waals surface area contributed by atoms with Crippen LogP contribution in [0, 0.1) is 0 Å². The lowest BCUT2D eigenvalue weighted by Crippen LogP contribution is -2.60. The van der Waals surface area contributed by atoms with Crippen LogP contribution in [0.4, 0.5) is 0 Å². The summed E-state index contributed by atoms with van der Waals surface area (Å²) in [5, 5.41) is 1.05. The van der Waals surface area contributed by atoms with Gasteiger partial charge in [-0.2, -0.15) is 0 Å². The Morgan fingerprint density at radius 2 is 1.26 bits per heavy atom. The van der Waals surface area contributed by atoms with Crippen LogP contribution in [0.15, 0.2) is 54.1 Å². The molecule has 1 unspecified atom stereocenters. The Bertz CT molecular complexity index is 835. The first kappa shape index (κ1) is 30.5. The Labute approximate surface area is 215 Å². The van der Waals surface area contributed by atoms with Gasteiger partial charge in [-0.3, -0.25) is 0 Å². The molecule has 0 heterocycles. The molecule has 0 aromatic heterocycles. The fraction of sp³-hybridized carbons (Fsp3) is 0.565. The summed E-state index contributed by atoms with van der Waals surface area (Å²) < 4.78 is 48.2. The number of rotatable bonds is 16. The van der Waals surface area contributed by atoms with Crippen LogP contribution in [0.5, 0.6) is 0 Å². The topological polar surface area (TPSA) is 73.8 Å². The smallest absolute Gasteiger partial charge is 0.373 e. The minimum absolute atomic E-state index is 0.0195. The highest BCUT2D eigenvalue weighted by atomic mass is 28.4. The second-order valence-corrected chi connectivity index (χ2v) is 23.7. The largest absolute Gasteiger partial charge is 0.398 e. The Kier molecular flexibility index (Phi) is 11.5. The van der Waals surface area contributed by atoms with Gasteiger partial charge in [-0.05, 0) is 17.3 Å². The minimum atomic E-state index is -2.79. The first-order valence-electron chi connectivity index (χ1n) is 11.5. The first-order chi connectivity index (χ1) is 16.7. The lowest BCUT2D eigenvalue weighted by molar-refractivity contribution is 0.220. The van der Waals surface area contributed by atoms with Crippen molar-refractivity contribution in [3.05, 3.63) is 54.1 Å². The Morgan fingerprint density at radius 3 is 1.71 bits per heavy atom. The van der Waals surface area contributed by atoms with Crippen molar-refractivity contribution in [2.45, 2.75) is 29.5 Å². The van der Waals surface area contributed by atoms with Gasteiger partial charge in [-0.1, -0.05) is 48.6 Å². The van der Waals surface area contributed by atoms with E-state index in [0.29, 0.717) is 17.4 Å². The minimum Gasteiger partial charge on any atom is -0.398 e. The van der Waals surface area contributed by atoms with E-state index in [4.69, 9.17) is 35.4 Å². The monoisotopic (exact) mass is 558 g/mol. The summed E-state index contributed by atoms with van der Waals surface area (Å²) >= 11 is 0. The van der Waals surface area contributed by atoms with Crippen molar-refractivity contribution in [3.63, 3.8) is 0 Å². The summed E-state index contributed by atoms with van der Waals surface area (Å²) in [5.74, 6) is 0. The van der Waals surface area contributed by atoms with Gasteiger partial charge >= 0.3 is 34.2 Å². The molecule has 0 aliphatic heterocycles. The van der Waals surface area contributed by atoms with E-state index in [1.807, 2.05) is 24.7 Å². The molecule has 0 amide bonds. The molecule has 1 atom stereocenters. The fourth-order valence-corrected chi connectivity index (χ4v) is 22.3. The van der Waals surface area contributed by atoms with Crippen LogP contribution in [0.25, 0.3) is 0 Å². The average molecular weight is 559 g/mol. The predicted molar refractivity (Wildman–Crippen MR) is 146 cm³/mol. The zero-order valence-corrected chi connectivity index (χ0v) is 26.6. The molecule has 1 aliphatic rings. The zero-order valence-electron chi connectivity index (χ0n) is 22.6. The summed E-state index contributed by atoms with van der Waals surface area (Å²) in [6.45, 7) is 2.03. The van der Waals surface area contributed by atoms with Gasteiger partial charge in [0, 0.05) is 79.8 Å². The molecule has 1 aromatic rings. The van der Waals surface area contributed by atoms with E-state index in [-0.39, 0.29) is 5.54 Å². The fourth-order valence-electron chi connectivity index (χ4n) is 4.61. The van der Waals surface area contributed by atoms with Crippen LogP contribution < -0.4 is 5.19 Å². The number of hydrogen-bond acceptors (Lipinski definition) is 8. The molecule has 35 heavy (non-hydrogen) atoms. The normalized spacial score (nSPS) is 17.2. The van der Waals surface area contributed by atoms with E-state index in [1.165, 1.54) is 0 Å². The Balaban J connectivity index is 2.35. The lowest BCUT2D eigenvalue weighted by atomic mass is 10.3. The first-order valence-corrected chi connectivity index (χ1v) is 20.4. The Hall–Kier alpha value is -0.752. The van der Waals surface area contributed by atoms with Crippen molar-refractivity contribution >= 4 is 39.4 Å². The number of hydrogen-bond donors (Lipinski definition) is 0. The van der Waals surface area contributed by atoms with Gasteiger partial charge in [0.1, 0.15) is 0 Å². The molecule has 2 rings (SSSR count). The van der Waals surface area contributed by atoms with Crippen LogP contribution in [-0.2, 0) is 35.4 Å².